The molecule has 1 atom stereocenters. The quantitative estimate of drug-likeness (QED) is 0.862. The number of carbonyl (C=O) groups is 1. The minimum absolute atomic E-state index is 0.120. The maximum atomic E-state index is 12.3. The highest BCUT2D eigenvalue weighted by Gasteiger charge is 2.20. The molecule has 0 aliphatic heterocycles. The predicted molar refractivity (Wildman–Crippen MR) is 92.0 cm³/mol. The van der Waals surface area contributed by atoms with Gasteiger partial charge in [0.15, 0.2) is 0 Å². The van der Waals surface area contributed by atoms with E-state index in [1.165, 1.54) is 32.1 Å². The lowest BCUT2D eigenvalue weighted by Crippen LogP contribution is -2.44. The Morgan fingerprint density at radius 1 is 1.36 bits per heavy atom. The molecule has 4 heteroatoms. The summed E-state index contributed by atoms with van der Waals surface area (Å²) in [4.78, 5) is 14.4. The molecule has 0 radical (unpaired) electrons. The van der Waals surface area contributed by atoms with Crippen molar-refractivity contribution in [3.63, 3.8) is 0 Å². The summed E-state index contributed by atoms with van der Waals surface area (Å²) in [6.45, 7) is 3.51. The first-order chi connectivity index (χ1) is 10.6. The van der Waals surface area contributed by atoms with Gasteiger partial charge < -0.3 is 5.32 Å². The molecule has 1 aromatic rings. The van der Waals surface area contributed by atoms with Crippen molar-refractivity contribution in [2.45, 2.75) is 51.6 Å². The Balaban J connectivity index is 1.78. The van der Waals surface area contributed by atoms with Crippen LogP contribution in [0.3, 0.4) is 0 Å². The number of benzene rings is 1. The first kappa shape index (κ1) is 17.3. The van der Waals surface area contributed by atoms with Crippen molar-refractivity contribution in [3.05, 3.63) is 34.9 Å². The van der Waals surface area contributed by atoms with Gasteiger partial charge in [-0.05, 0) is 50.4 Å². The van der Waals surface area contributed by atoms with Gasteiger partial charge in [-0.1, -0.05) is 43.0 Å². The van der Waals surface area contributed by atoms with Gasteiger partial charge in [0, 0.05) is 18.1 Å². The van der Waals surface area contributed by atoms with Crippen molar-refractivity contribution in [2.24, 2.45) is 5.92 Å². The van der Waals surface area contributed by atoms with Crippen LogP contribution in [0.2, 0.25) is 5.02 Å². The zero-order valence-corrected chi connectivity index (χ0v) is 14.4. The highest BCUT2D eigenvalue weighted by atomic mass is 35.5. The van der Waals surface area contributed by atoms with Crippen LogP contribution in [0.5, 0.6) is 0 Å². The number of halogens is 1. The molecular formula is C18H27ClN2O. The smallest absolute Gasteiger partial charge is 0.237 e. The van der Waals surface area contributed by atoms with E-state index in [1.54, 1.807) is 0 Å². The maximum absolute atomic E-state index is 12.3. The Bertz CT molecular complexity index is 486. The van der Waals surface area contributed by atoms with Gasteiger partial charge in [-0.15, -0.1) is 0 Å². The van der Waals surface area contributed by atoms with E-state index in [4.69, 9.17) is 11.6 Å². The largest absolute Gasteiger partial charge is 0.354 e. The van der Waals surface area contributed by atoms with Crippen LogP contribution in [0.15, 0.2) is 24.3 Å². The summed E-state index contributed by atoms with van der Waals surface area (Å²) in [7, 11) is 1.98. The molecule has 1 aromatic carbocycles. The summed E-state index contributed by atoms with van der Waals surface area (Å²) in [6.07, 6.45) is 6.48. The minimum atomic E-state index is -0.137. The highest BCUT2D eigenvalue weighted by molar-refractivity contribution is 6.30. The first-order valence-corrected chi connectivity index (χ1v) is 8.66. The lowest BCUT2D eigenvalue weighted by Gasteiger charge is -2.26. The summed E-state index contributed by atoms with van der Waals surface area (Å²) in [5, 5.41) is 3.86. The number of amides is 1. The van der Waals surface area contributed by atoms with Gasteiger partial charge in [0.1, 0.15) is 0 Å². The monoisotopic (exact) mass is 322 g/mol. The van der Waals surface area contributed by atoms with Crippen LogP contribution >= 0.6 is 11.6 Å². The molecule has 0 bridgehead atoms. The van der Waals surface area contributed by atoms with Crippen molar-refractivity contribution in [2.75, 3.05) is 13.6 Å². The minimum Gasteiger partial charge on any atom is -0.354 e. The van der Waals surface area contributed by atoms with Crippen molar-refractivity contribution in [3.8, 4) is 0 Å². The summed E-state index contributed by atoms with van der Waals surface area (Å²) in [5.74, 6) is 0.790. The molecule has 0 unspecified atom stereocenters. The van der Waals surface area contributed by atoms with Crippen LogP contribution in [-0.4, -0.2) is 30.4 Å². The van der Waals surface area contributed by atoms with Crippen LogP contribution in [-0.2, 0) is 11.3 Å². The Labute approximate surface area is 139 Å². The van der Waals surface area contributed by atoms with E-state index >= 15 is 0 Å². The molecule has 1 N–H and O–H groups in total. The second-order valence-electron chi connectivity index (χ2n) is 6.47. The highest BCUT2D eigenvalue weighted by Crippen LogP contribution is 2.22. The standard InChI is InChI=1S/C18H27ClN2O/c1-14(18(22)20-12-15-7-4-3-5-8-15)21(2)13-16-9-6-10-17(19)11-16/h6,9-11,14-15H,3-5,7-8,12-13H2,1-2H3,(H,20,22)/t14-/m1/s1. The molecule has 3 nitrogen and oxygen atoms in total. The fraction of sp³-hybridized carbons (Fsp3) is 0.611. The van der Waals surface area contributed by atoms with Crippen LogP contribution in [0.1, 0.15) is 44.6 Å². The Kier molecular flexibility index (Phi) is 6.71. The molecule has 122 valence electrons. The molecule has 22 heavy (non-hydrogen) atoms. The molecule has 0 spiro atoms. The first-order valence-electron chi connectivity index (χ1n) is 8.28. The van der Waals surface area contributed by atoms with Crippen molar-refractivity contribution in [1.29, 1.82) is 0 Å². The lowest BCUT2D eigenvalue weighted by molar-refractivity contribution is -0.125. The average Bonchev–Trinajstić information content (AvgIpc) is 2.53. The lowest BCUT2D eigenvalue weighted by atomic mass is 9.89. The average molecular weight is 323 g/mol. The number of hydrogen-bond donors (Lipinski definition) is 1. The fourth-order valence-electron chi connectivity index (χ4n) is 3.04. The summed E-state index contributed by atoms with van der Waals surface area (Å²) in [6, 6.07) is 7.66. The molecule has 1 saturated carbocycles. The third kappa shape index (κ3) is 5.29. The van der Waals surface area contributed by atoms with Crippen LogP contribution in [0, 0.1) is 5.92 Å². The van der Waals surface area contributed by atoms with Gasteiger partial charge in [-0.3, -0.25) is 9.69 Å². The maximum Gasteiger partial charge on any atom is 0.237 e. The van der Waals surface area contributed by atoms with Crippen LogP contribution in [0.25, 0.3) is 0 Å². The molecular weight excluding hydrogens is 296 g/mol. The van der Waals surface area contributed by atoms with Gasteiger partial charge >= 0.3 is 0 Å². The summed E-state index contributed by atoms with van der Waals surface area (Å²) in [5.41, 5.74) is 1.13. The van der Waals surface area contributed by atoms with Crippen LogP contribution < -0.4 is 5.32 Å². The number of nitrogens with zero attached hydrogens (tertiary/aromatic N) is 1. The number of carbonyl (C=O) groups excluding carboxylic acids is 1. The zero-order valence-electron chi connectivity index (χ0n) is 13.6. The fourth-order valence-corrected chi connectivity index (χ4v) is 3.26. The molecule has 1 aliphatic carbocycles. The molecule has 1 fully saturated rings. The Hall–Kier alpha value is -1.06. The Morgan fingerprint density at radius 3 is 2.77 bits per heavy atom. The number of hydrogen-bond acceptors (Lipinski definition) is 2. The van der Waals surface area contributed by atoms with E-state index in [2.05, 4.69) is 10.2 Å². The molecule has 1 aliphatic rings. The van der Waals surface area contributed by atoms with E-state index in [9.17, 15) is 4.79 Å². The molecule has 2 rings (SSSR count). The van der Waals surface area contributed by atoms with Crippen molar-refractivity contribution in [1.82, 2.24) is 10.2 Å². The topological polar surface area (TPSA) is 32.3 Å². The van der Waals surface area contributed by atoms with E-state index in [1.807, 2.05) is 38.2 Å². The molecule has 0 aromatic heterocycles. The van der Waals surface area contributed by atoms with E-state index < -0.39 is 0 Å². The molecule has 0 heterocycles. The van der Waals surface area contributed by atoms with Crippen LogP contribution in [0.4, 0.5) is 0 Å². The molecule has 1 amide bonds. The van der Waals surface area contributed by atoms with Gasteiger partial charge in [-0.2, -0.15) is 0 Å². The molecule has 0 saturated heterocycles. The van der Waals surface area contributed by atoms with Gasteiger partial charge in [0.2, 0.25) is 5.91 Å². The van der Waals surface area contributed by atoms with E-state index in [-0.39, 0.29) is 11.9 Å². The Morgan fingerprint density at radius 2 is 2.09 bits per heavy atom. The third-order valence-corrected chi connectivity index (χ3v) is 4.89. The zero-order chi connectivity index (χ0) is 15.9. The SMILES string of the molecule is C[C@H](C(=O)NCC1CCCCC1)N(C)Cc1cccc(Cl)c1. The number of rotatable bonds is 6. The van der Waals surface area contributed by atoms with Gasteiger partial charge in [0.25, 0.3) is 0 Å². The second kappa shape index (κ2) is 8.54. The summed E-state index contributed by atoms with van der Waals surface area (Å²) < 4.78 is 0. The van der Waals surface area contributed by atoms with Gasteiger partial charge in [0.05, 0.1) is 6.04 Å². The normalized spacial score (nSPS) is 17.5. The van der Waals surface area contributed by atoms with E-state index in [0.717, 1.165) is 23.7 Å². The third-order valence-electron chi connectivity index (χ3n) is 4.65. The predicted octanol–water partition coefficient (Wildman–Crippen LogP) is 3.86. The van der Waals surface area contributed by atoms with Crippen molar-refractivity contribution < 1.29 is 4.79 Å². The number of likely N-dealkylation sites (N-methyl/N-ethyl adjacent to an activating group) is 1. The summed E-state index contributed by atoms with van der Waals surface area (Å²) >= 11 is 6.01. The second-order valence-corrected chi connectivity index (χ2v) is 6.91. The number of nitrogens with one attached hydrogen (secondary N) is 1. The van der Waals surface area contributed by atoms with Crippen molar-refractivity contribution >= 4 is 17.5 Å². The van der Waals surface area contributed by atoms with Gasteiger partial charge in [-0.25, -0.2) is 0 Å². The van der Waals surface area contributed by atoms with E-state index in [0.29, 0.717) is 5.92 Å².